The molecular weight excluding hydrogens is 495 g/mol. The van der Waals surface area contributed by atoms with E-state index in [0.29, 0.717) is 28.9 Å². The average molecular weight is 521 g/mol. The summed E-state index contributed by atoms with van der Waals surface area (Å²) in [4.78, 5) is 30.0. The Bertz CT molecular complexity index is 1360. The lowest BCUT2D eigenvalue weighted by Gasteiger charge is -2.24. The Balaban J connectivity index is 1.44. The van der Waals surface area contributed by atoms with E-state index in [1.807, 2.05) is 24.3 Å². The number of anilines is 1. The van der Waals surface area contributed by atoms with E-state index in [2.05, 4.69) is 11.4 Å². The lowest BCUT2D eigenvalue weighted by molar-refractivity contribution is 0.0950. The maximum atomic E-state index is 13.7. The number of hydrogen-bond donors (Lipinski definition) is 1. The Hall–Kier alpha value is -3.09. The Morgan fingerprint density at radius 2 is 1.92 bits per heavy atom. The first-order chi connectivity index (χ1) is 17.5. The normalized spacial score (nSPS) is 15.0. The molecule has 0 fully saturated rings. The molecule has 7 heteroatoms. The van der Waals surface area contributed by atoms with Crippen molar-refractivity contribution in [2.24, 2.45) is 0 Å². The van der Waals surface area contributed by atoms with Gasteiger partial charge in [-0.05, 0) is 80.1 Å². The third-order valence-electron chi connectivity index (χ3n) is 6.55. The average Bonchev–Trinajstić information content (AvgIpc) is 3.00. The Morgan fingerprint density at radius 3 is 2.72 bits per heavy atom. The smallest absolute Gasteiger partial charge is 0.259 e. The second-order valence-electron chi connectivity index (χ2n) is 9.02. The fraction of sp³-hybridized carbons (Fsp3) is 0.241. The first kappa shape index (κ1) is 24.6. The van der Waals surface area contributed by atoms with Crippen LogP contribution in [0.4, 0.5) is 10.1 Å². The summed E-state index contributed by atoms with van der Waals surface area (Å²) in [6.45, 7) is 0.731. The van der Waals surface area contributed by atoms with Crippen LogP contribution in [0.1, 0.15) is 58.4 Å². The highest BCUT2D eigenvalue weighted by molar-refractivity contribution is 7.99. The number of allylic oxidation sites excluding steroid dienone is 1. The van der Waals surface area contributed by atoms with Crippen LogP contribution in [-0.4, -0.2) is 18.4 Å². The van der Waals surface area contributed by atoms with Gasteiger partial charge in [0.25, 0.3) is 11.8 Å². The Labute approximate surface area is 219 Å². The Kier molecular flexibility index (Phi) is 7.44. The zero-order valence-electron chi connectivity index (χ0n) is 19.7. The van der Waals surface area contributed by atoms with Gasteiger partial charge >= 0.3 is 0 Å². The maximum absolute atomic E-state index is 13.7. The fourth-order valence-corrected chi connectivity index (χ4v) is 5.89. The highest BCUT2D eigenvalue weighted by Crippen LogP contribution is 2.42. The quantitative estimate of drug-likeness (QED) is 0.344. The van der Waals surface area contributed by atoms with Gasteiger partial charge in [-0.2, -0.15) is 0 Å². The number of carbonyl (C=O) groups excluding carboxylic acids is 2. The van der Waals surface area contributed by atoms with Crippen molar-refractivity contribution in [2.45, 2.75) is 48.4 Å². The number of fused-ring (bicyclic) bond motifs is 2. The second-order valence-corrected chi connectivity index (χ2v) is 10.5. The molecule has 0 saturated heterocycles. The number of nitrogens with one attached hydrogen (secondary N) is 1. The molecule has 0 saturated carbocycles. The van der Waals surface area contributed by atoms with Gasteiger partial charge in [-0.3, -0.25) is 9.59 Å². The summed E-state index contributed by atoms with van der Waals surface area (Å²) in [6, 6.07) is 17.0. The van der Waals surface area contributed by atoms with Crippen LogP contribution in [0.15, 0.2) is 82.1 Å². The molecule has 5 rings (SSSR count). The summed E-state index contributed by atoms with van der Waals surface area (Å²) < 4.78 is 13.6. The topological polar surface area (TPSA) is 49.4 Å². The molecule has 4 nitrogen and oxygen atoms in total. The van der Waals surface area contributed by atoms with E-state index >= 15 is 0 Å². The third kappa shape index (κ3) is 5.35. The van der Waals surface area contributed by atoms with E-state index in [1.165, 1.54) is 42.3 Å². The zero-order valence-corrected chi connectivity index (χ0v) is 21.3. The summed E-state index contributed by atoms with van der Waals surface area (Å²) in [5.41, 5.74) is 3.72. The lowest BCUT2D eigenvalue weighted by atomic mass is 9.97. The zero-order chi connectivity index (χ0) is 25.1. The summed E-state index contributed by atoms with van der Waals surface area (Å²) in [5.74, 6) is -0.803. The van der Waals surface area contributed by atoms with Crippen LogP contribution in [0.25, 0.3) is 0 Å². The molecule has 0 spiro atoms. The van der Waals surface area contributed by atoms with Crippen molar-refractivity contribution in [3.8, 4) is 0 Å². The number of carbonyl (C=O) groups is 2. The molecule has 0 bridgehead atoms. The third-order valence-corrected chi connectivity index (χ3v) is 8.05. The molecule has 0 radical (unpaired) electrons. The van der Waals surface area contributed by atoms with Gasteiger partial charge in [0, 0.05) is 26.9 Å². The van der Waals surface area contributed by atoms with Crippen LogP contribution < -0.4 is 10.2 Å². The number of nitrogens with zero attached hydrogens (tertiary/aromatic N) is 1. The number of halogens is 2. The standard InChI is InChI=1S/C29H26ClFN2O2S/c30-24-17-22(31)12-10-21(24)18-33-25-16-20(28(34)32-15-14-19-6-2-1-3-7-19)11-13-27(25)36-26-9-5-4-8-23(26)29(33)35/h4-6,8-13,16-17H,1-3,7,14-15,18H2,(H,32,34). The maximum Gasteiger partial charge on any atom is 0.259 e. The minimum absolute atomic E-state index is 0.152. The molecule has 0 atom stereocenters. The van der Waals surface area contributed by atoms with Crippen LogP contribution in [0.3, 0.4) is 0 Å². The van der Waals surface area contributed by atoms with Gasteiger partial charge in [-0.25, -0.2) is 4.39 Å². The summed E-state index contributed by atoms with van der Waals surface area (Å²) >= 11 is 7.81. The van der Waals surface area contributed by atoms with Gasteiger partial charge < -0.3 is 10.2 Å². The van der Waals surface area contributed by atoms with Crippen molar-refractivity contribution in [3.63, 3.8) is 0 Å². The molecule has 3 aromatic rings. The minimum Gasteiger partial charge on any atom is -0.352 e. The van der Waals surface area contributed by atoms with E-state index in [9.17, 15) is 14.0 Å². The molecule has 1 aliphatic carbocycles. The summed E-state index contributed by atoms with van der Waals surface area (Å²) in [5, 5.41) is 3.27. The van der Waals surface area contributed by atoms with Gasteiger partial charge in [-0.1, -0.05) is 53.2 Å². The van der Waals surface area contributed by atoms with Crippen molar-refractivity contribution in [1.82, 2.24) is 5.32 Å². The minimum atomic E-state index is -0.435. The van der Waals surface area contributed by atoms with Crippen LogP contribution in [0.5, 0.6) is 0 Å². The monoisotopic (exact) mass is 520 g/mol. The van der Waals surface area contributed by atoms with Crippen molar-refractivity contribution < 1.29 is 14.0 Å². The van der Waals surface area contributed by atoms with Gasteiger partial charge in [-0.15, -0.1) is 0 Å². The number of rotatable bonds is 6. The van der Waals surface area contributed by atoms with Gasteiger partial charge in [0.05, 0.1) is 17.8 Å². The number of hydrogen-bond acceptors (Lipinski definition) is 3. The van der Waals surface area contributed by atoms with Crippen molar-refractivity contribution in [1.29, 1.82) is 0 Å². The molecule has 1 N–H and O–H groups in total. The molecule has 1 heterocycles. The molecule has 2 amide bonds. The summed E-state index contributed by atoms with van der Waals surface area (Å²) in [7, 11) is 0. The molecule has 36 heavy (non-hydrogen) atoms. The largest absolute Gasteiger partial charge is 0.352 e. The second kappa shape index (κ2) is 10.9. The van der Waals surface area contributed by atoms with Crippen LogP contribution in [0, 0.1) is 5.82 Å². The predicted molar refractivity (Wildman–Crippen MR) is 142 cm³/mol. The van der Waals surface area contributed by atoms with Gasteiger partial charge in [0.2, 0.25) is 0 Å². The first-order valence-corrected chi connectivity index (χ1v) is 13.3. The first-order valence-electron chi connectivity index (χ1n) is 12.1. The molecule has 1 aliphatic heterocycles. The Morgan fingerprint density at radius 1 is 1.06 bits per heavy atom. The van der Waals surface area contributed by atoms with E-state index in [-0.39, 0.29) is 23.4 Å². The molecule has 0 unspecified atom stereocenters. The van der Waals surface area contributed by atoms with E-state index in [4.69, 9.17) is 11.6 Å². The SMILES string of the molecule is O=C(NCCC1=CCCCC1)c1ccc2c(c1)N(Cc1ccc(F)cc1Cl)C(=O)c1ccccc1S2. The fourth-order valence-electron chi connectivity index (χ4n) is 4.61. The molecule has 184 valence electrons. The van der Waals surface area contributed by atoms with E-state index in [1.54, 1.807) is 29.2 Å². The van der Waals surface area contributed by atoms with E-state index < -0.39 is 5.82 Å². The molecule has 3 aromatic carbocycles. The van der Waals surface area contributed by atoms with Crippen LogP contribution in [0.2, 0.25) is 5.02 Å². The van der Waals surface area contributed by atoms with Crippen LogP contribution >= 0.6 is 23.4 Å². The van der Waals surface area contributed by atoms with Crippen molar-refractivity contribution in [3.05, 3.63) is 99.8 Å². The highest BCUT2D eigenvalue weighted by atomic mass is 35.5. The van der Waals surface area contributed by atoms with Gasteiger partial charge in [0.1, 0.15) is 5.82 Å². The molecular formula is C29H26ClFN2O2S. The summed E-state index contributed by atoms with van der Waals surface area (Å²) in [6.07, 6.45) is 7.83. The van der Waals surface area contributed by atoms with Crippen molar-refractivity contribution >= 4 is 40.9 Å². The van der Waals surface area contributed by atoms with Crippen LogP contribution in [-0.2, 0) is 6.54 Å². The van der Waals surface area contributed by atoms with Gasteiger partial charge in [0.15, 0.2) is 0 Å². The van der Waals surface area contributed by atoms with E-state index in [0.717, 1.165) is 29.1 Å². The number of benzene rings is 3. The molecule has 2 aliphatic rings. The predicted octanol–water partition coefficient (Wildman–Crippen LogP) is 7.41. The lowest BCUT2D eigenvalue weighted by Crippen LogP contribution is -2.31. The number of amides is 2. The van der Waals surface area contributed by atoms with Crippen molar-refractivity contribution in [2.75, 3.05) is 11.4 Å². The highest BCUT2D eigenvalue weighted by Gasteiger charge is 2.28. The molecule has 0 aromatic heterocycles.